The third kappa shape index (κ3) is 5.09. The van der Waals surface area contributed by atoms with Crippen LogP contribution in [0.25, 0.3) is 0 Å². The second-order valence-electron chi connectivity index (χ2n) is 2.65. The van der Waals surface area contributed by atoms with Crippen LogP contribution in [0.2, 0.25) is 0 Å². The van der Waals surface area contributed by atoms with E-state index in [0.29, 0.717) is 19.8 Å². The Kier molecular flexibility index (Phi) is 6.70. The Morgan fingerprint density at radius 2 is 2.17 bits per heavy atom. The van der Waals surface area contributed by atoms with E-state index in [0.717, 1.165) is 6.42 Å². The van der Waals surface area contributed by atoms with Crippen molar-refractivity contribution >= 4 is 5.97 Å². The molecule has 4 heteroatoms. The molecule has 0 spiro atoms. The lowest BCUT2D eigenvalue weighted by molar-refractivity contribution is -0.147. The van der Waals surface area contributed by atoms with E-state index in [1.165, 1.54) is 0 Å². The molecular formula is C8H17NO3. The predicted octanol–water partition coefficient (Wildman–Crippen LogP) is 0.161. The van der Waals surface area contributed by atoms with E-state index in [1.54, 1.807) is 14.0 Å². The Labute approximate surface area is 73.0 Å². The van der Waals surface area contributed by atoms with Crippen molar-refractivity contribution in [1.82, 2.24) is 0 Å². The first kappa shape index (κ1) is 11.4. The highest BCUT2D eigenvalue weighted by atomic mass is 16.5. The monoisotopic (exact) mass is 175 g/mol. The van der Waals surface area contributed by atoms with Gasteiger partial charge in [0.05, 0.1) is 12.5 Å². The lowest BCUT2D eigenvalue weighted by Crippen LogP contribution is -2.23. The van der Waals surface area contributed by atoms with Gasteiger partial charge in [-0.25, -0.2) is 0 Å². The SMILES string of the molecule is COCCCOC(=O)C(C)CN. The Morgan fingerprint density at radius 1 is 1.50 bits per heavy atom. The summed E-state index contributed by atoms with van der Waals surface area (Å²) in [6.07, 6.45) is 0.736. The van der Waals surface area contributed by atoms with E-state index in [4.69, 9.17) is 15.2 Å². The van der Waals surface area contributed by atoms with E-state index >= 15 is 0 Å². The molecule has 0 fully saturated rings. The summed E-state index contributed by atoms with van der Waals surface area (Å²) < 4.78 is 9.69. The van der Waals surface area contributed by atoms with Crippen LogP contribution in [0.1, 0.15) is 13.3 Å². The van der Waals surface area contributed by atoms with Gasteiger partial charge in [0.15, 0.2) is 0 Å². The Balaban J connectivity index is 3.31. The van der Waals surface area contributed by atoms with E-state index in [-0.39, 0.29) is 11.9 Å². The second-order valence-corrected chi connectivity index (χ2v) is 2.65. The molecule has 0 aliphatic rings. The standard InChI is InChI=1S/C8H17NO3/c1-7(6-9)8(10)12-5-3-4-11-2/h7H,3-6,9H2,1-2H3. The van der Waals surface area contributed by atoms with Crippen molar-refractivity contribution in [3.8, 4) is 0 Å². The number of carbonyl (C=O) groups excluding carboxylic acids is 1. The molecule has 0 saturated heterocycles. The van der Waals surface area contributed by atoms with E-state index < -0.39 is 0 Å². The minimum Gasteiger partial charge on any atom is -0.465 e. The minimum absolute atomic E-state index is 0.201. The zero-order valence-electron chi connectivity index (χ0n) is 7.71. The summed E-state index contributed by atoms with van der Waals surface area (Å²) >= 11 is 0. The molecule has 0 aliphatic heterocycles. The number of hydrogen-bond donors (Lipinski definition) is 1. The van der Waals surface area contributed by atoms with Crippen LogP contribution >= 0.6 is 0 Å². The van der Waals surface area contributed by atoms with Crippen LogP contribution in [0.15, 0.2) is 0 Å². The first-order chi connectivity index (χ1) is 5.72. The fourth-order valence-electron chi connectivity index (χ4n) is 0.615. The Morgan fingerprint density at radius 3 is 2.67 bits per heavy atom. The molecule has 0 saturated carbocycles. The van der Waals surface area contributed by atoms with Crippen molar-refractivity contribution in [2.75, 3.05) is 26.9 Å². The maximum Gasteiger partial charge on any atom is 0.309 e. The molecule has 0 aromatic carbocycles. The Hall–Kier alpha value is -0.610. The molecule has 0 radical (unpaired) electrons. The molecule has 0 aromatic heterocycles. The van der Waals surface area contributed by atoms with Crippen LogP contribution in [0.5, 0.6) is 0 Å². The van der Waals surface area contributed by atoms with Gasteiger partial charge in [-0.3, -0.25) is 4.79 Å². The van der Waals surface area contributed by atoms with E-state index in [9.17, 15) is 4.79 Å². The zero-order valence-corrected chi connectivity index (χ0v) is 7.71. The molecule has 12 heavy (non-hydrogen) atoms. The van der Waals surface area contributed by atoms with Gasteiger partial charge in [0.2, 0.25) is 0 Å². The van der Waals surface area contributed by atoms with E-state index in [1.807, 2.05) is 0 Å². The third-order valence-electron chi connectivity index (χ3n) is 1.49. The van der Waals surface area contributed by atoms with Crippen LogP contribution in [-0.2, 0) is 14.3 Å². The third-order valence-corrected chi connectivity index (χ3v) is 1.49. The highest BCUT2D eigenvalue weighted by Crippen LogP contribution is 1.96. The normalized spacial score (nSPS) is 12.6. The number of rotatable bonds is 6. The van der Waals surface area contributed by atoms with Crippen LogP contribution in [0, 0.1) is 5.92 Å². The first-order valence-corrected chi connectivity index (χ1v) is 4.08. The van der Waals surface area contributed by atoms with Crippen LogP contribution < -0.4 is 5.73 Å². The lowest BCUT2D eigenvalue weighted by atomic mass is 10.2. The van der Waals surface area contributed by atoms with Crippen molar-refractivity contribution in [1.29, 1.82) is 0 Å². The second kappa shape index (κ2) is 7.06. The van der Waals surface area contributed by atoms with Crippen LogP contribution in [0.4, 0.5) is 0 Å². The van der Waals surface area contributed by atoms with Crippen molar-refractivity contribution in [2.24, 2.45) is 11.7 Å². The van der Waals surface area contributed by atoms with Crippen molar-refractivity contribution in [3.05, 3.63) is 0 Å². The highest BCUT2D eigenvalue weighted by Gasteiger charge is 2.11. The van der Waals surface area contributed by atoms with Gasteiger partial charge >= 0.3 is 5.97 Å². The summed E-state index contributed by atoms with van der Waals surface area (Å²) in [5, 5.41) is 0. The minimum atomic E-state index is -0.228. The molecular weight excluding hydrogens is 158 g/mol. The molecule has 0 heterocycles. The molecule has 72 valence electrons. The summed E-state index contributed by atoms with van der Waals surface area (Å²) in [5.74, 6) is -0.429. The van der Waals surface area contributed by atoms with Gasteiger partial charge < -0.3 is 15.2 Å². The van der Waals surface area contributed by atoms with Crippen molar-refractivity contribution in [3.63, 3.8) is 0 Å². The summed E-state index contributed by atoms with van der Waals surface area (Å²) in [7, 11) is 1.62. The fraction of sp³-hybridized carbons (Fsp3) is 0.875. The zero-order chi connectivity index (χ0) is 9.40. The smallest absolute Gasteiger partial charge is 0.309 e. The van der Waals surface area contributed by atoms with Crippen molar-refractivity contribution < 1.29 is 14.3 Å². The quantitative estimate of drug-likeness (QED) is 0.461. The molecule has 1 unspecified atom stereocenters. The van der Waals surface area contributed by atoms with Gasteiger partial charge in [0.25, 0.3) is 0 Å². The molecule has 0 amide bonds. The predicted molar refractivity (Wildman–Crippen MR) is 45.7 cm³/mol. The number of ether oxygens (including phenoxy) is 2. The van der Waals surface area contributed by atoms with Gasteiger partial charge in [-0.2, -0.15) is 0 Å². The average Bonchev–Trinajstić information content (AvgIpc) is 2.10. The summed E-state index contributed by atoms with van der Waals surface area (Å²) in [4.78, 5) is 11.0. The molecule has 0 rings (SSSR count). The molecule has 2 N–H and O–H groups in total. The van der Waals surface area contributed by atoms with Crippen LogP contribution in [-0.4, -0.2) is 32.8 Å². The number of nitrogens with two attached hydrogens (primary N) is 1. The maximum absolute atomic E-state index is 11.0. The first-order valence-electron chi connectivity index (χ1n) is 4.08. The van der Waals surface area contributed by atoms with Crippen molar-refractivity contribution in [2.45, 2.75) is 13.3 Å². The average molecular weight is 175 g/mol. The molecule has 1 atom stereocenters. The Bertz CT molecular complexity index is 127. The summed E-state index contributed by atoms with van der Waals surface area (Å²) in [6, 6.07) is 0. The van der Waals surface area contributed by atoms with E-state index in [2.05, 4.69) is 0 Å². The molecule has 0 bridgehead atoms. The number of esters is 1. The molecule has 4 nitrogen and oxygen atoms in total. The molecule has 0 aromatic rings. The highest BCUT2D eigenvalue weighted by molar-refractivity contribution is 5.72. The van der Waals surface area contributed by atoms with Gasteiger partial charge in [-0.1, -0.05) is 6.92 Å². The molecule has 0 aliphatic carbocycles. The van der Waals surface area contributed by atoms with Gasteiger partial charge in [-0.05, 0) is 0 Å². The fourth-order valence-corrected chi connectivity index (χ4v) is 0.615. The summed E-state index contributed by atoms with van der Waals surface area (Å²) in [5.41, 5.74) is 5.28. The summed E-state index contributed by atoms with van der Waals surface area (Å²) in [6.45, 7) is 3.11. The van der Waals surface area contributed by atoms with Gasteiger partial charge in [-0.15, -0.1) is 0 Å². The maximum atomic E-state index is 11.0. The number of carbonyl (C=O) groups is 1. The topological polar surface area (TPSA) is 61.5 Å². The number of methoxy groups -OCH3 is 1. The van der Waals surface area contributed by atoms with Gasteiger partial charge in [0.1, 0.15) is 0 Å². The number of hydrogen-bond acceptors (Lipinski definition) is 4. The van der Waals surface area contributed by atoms with Crippen LogP contribution in [0.3, 0.4) is 0 Å². The van der Waals surface area contributed by atoms with Gasteiger partial charge in [0, 0.05) is 26.7 Å². The largest absolute Gasteiger partial charge is 0.465 e. The lowest BCUT2D eigenvalue weighted by Gasteiger charge is -2.08.